The SMILES string of the molecule is CS(=O)(=O)Nc1ccc(/C=C/C(=O)NCC(c2cccc(Cl)c2)N2CCCC2)cc1. The van der Waals surface area contributed by atoms with Crippen LogP contribution in [0.4, 0.5) is 5.69 Å². The number of sulfonamides is 1. The van der Waals surface area contributed by atoms with Gasteiger partial charge in [-0.15, -0.1) is 0 Å². The predicted molar refractivity (Wildman–Crippen MR) is 122 cm³/mol. The van der Waals surface area contributed by atoms with Crippen LogP contribution in [-0.2, 0) is 14.8 Å². The second-order valence-corrected chi connectivity index (χ2v) is 9.57. The highest BCUT2D eigenvalue weighted by atomic mass is 35.5. The minimum atomic E-state index is -3.31. The highest BCUT2D eigenvalue weighted by Crippen LogP contribution is 2.26. The van der Waals surface area contributed by atoms with Crippen molar-refractivity contribution in [2.45, 2.75) is 18.9 Å². The molecule has 2 N–H and O–H groups in total. The summed E-state index contributed by atoms with van der Waals surface area (Å²) in [6.45, 7) is 2.52. The van der Waals surface area contributed by atoms with Crippen molar-refractivity contribution < 1.29 is 13.2 Å². The number of hydrogen-bond donors (Lipinski definition) is 2. The minimum absolute atomic E-state index is 0.0879. The van der Waals surface area contributed by atoms with Crippen molar-refractivity contribution in [1.29, 1.82) is 0 Å². The fourth-order valence-electron chi connectivity index (χ4n) is 3.53. The summed E-state index contributed by atoms with van der Waals surface area (Å²) in [6, 6.07) is 14.7. The third-order valence-electron chi connectivity index (χ3n) is 4.93. The molecule has 0 saturated carbocycles. The zero-order chi connectivity index (χ0) is 21.6. The standard InChI is InChI=1S/C22H26ClN3O3S/c1-30(28,29)25-20-10-7-17(8-11-20)9-12-22(27)24-16-21(26-13-2-3-14-26)18-5-4-6-19(23)15-18/h4-12,15,21,25H,2-3,13-14,16H2,1H3,(H,24,27)/b12-9+. The van der Waals surface area contributed by atoms with Crippen molar-refractivity contribution in [3.8, 4) is 0 Å². The van der Waals surface area contributed by atoms with Crippen molar-refractivity contribution in [3.63, 3.8) is 0 Å². The number of benzene rings is 2. The molecule has 2 aromatic carbocycles. The van der Waals surface area contributed by atoms with Gasteiger partial charge in [0.1, 0.15) is 0 Å². The van der Waals surface area contributed by atoms with Gasteiger partial charge in [0, 0.05) is 23.3 Å². The van der Waals surface area contributed by atoms with Gasteiger partial charge in [-0.3, -0.25) is 14.4 Å². The van der Waals surface area contributed by atoms with Crippen molar-refractivity contribution >= 4 is 39.3 Å². The van der Waals surface area contributed by atoms with Crippen LogP contribution in [0.1, 0.15) is 30.0 Å². The number of carbonyl (C=O) groups is 1. The van der Waals surface area contributed by atoms with Crippen LogP contribution in [0.15, 0.2) is 54.6 Å². The summed E-state index contributed by atoms with van der Waals surface area (Å²) >= 11 is 6.17. The second kappa shape index (κ2) is 10.1. The molecular formula is C22H26ClN3O3S. The van der Waals surface area contributed by atoms with Crippen LogP contribution in [0.3, 0.4) is 0 Å². The molecule has 30 heavy (non-hydrogen) atoms. The second-order valence-electron chi connectivity index (χ2n) is 7.39. The Bertz CT molecular complexity index is 1000. The Labute approximate surface area is 183 Å². The largest absolute Gasteiger partial charge is 0.351 e. The first-order valence-electron chi connectivity index (χ1n) is 9.83. The number of amides is 1. The molecule has 1 unspecified atom stereocenters. The highest BCUT2D eigenvalue weighted by Gasteiger charge is 2.23. The maximum Gasteiger partial charge on any atom is 0.244 e. The van der Waals surface area contributed by atoms with Gasteiger partial charge in [0.05, 0.1) is 12.3 Å². The van der Waals surface area contributed by atoms with Gasteiger partial charge >= 0.3 is 0 Å². The molecule has 1 aliphatic rings. The van der Waals surface area contributed by atoms with Crippen LogP contribution < -0.4 is 10.0 Å². The van der Waals surface area contributed by atoms with E-state index in [1.54, 1.807) is 30.3 Å². The van der Waals surface area contributed by atoms with Gasteiger partial charge in [-0.05, 0) is 67.4 Å². The summed E-state index contributed by atoms with van der Waals surface area (Å²) in [5.41, 5.74) is 2.38. The number of nitrogens with one attached hydrogen (secondary N) is 2. The van der Waals surface area contributed by atoms with Crippen LogP contribution in [-0.4, -0.2) is 45.1 Å². The van der Waals surface area contributed by atoms with Gasteiger partial charge in [0.2, 0.25) is 15.9 Å². The molecule has 1 amide bonds. The molecular weight excluding hydrogens is 422 g/mol. The topological polar surface area (TPSA) is 78.5 Å². The van der Waals surface area contributed by atoms with E-state index in [1.165, 1.54) is 6.08 Å². The number of rotatable bonds is 8. The first kappa shape index (κ1) is 22.3. The van der Waals surface area contributed by atoms with Crippen LogP contribution in [0.2, 0.25) is 5.02 Å². The van der Waals surface area contributed by atoms with Crippen molar-refractivity contribution in [3.05, 3.63) is 70.8 Å². The van der Waals surface area contributed by atoms with Gasteiger partial charge in [0.15, 0.2) is 0 Å². The van der Waals surface area contributed by atoms with Gasteiger partial charge in [0.25, 0.3) is 0 Å². The maximum absolute atomic E-state index is 12.4. The minimum Gasteiger partial charge on any atom is -0.351 e. The molecule has 160 valence electrons. The van der Waals surface area contributed by atoms with E-state index in [4.69, 9.17) is 11.6 Å². The number of hydrogen-bond acceptors (Lipinski definition) is 4. The molecule has 0 bridgehead atoms. The van der Waals surface area contributed by atoms with E-state index in [2.05, 4.69) is 14.9 Å². The summed E-state index contributed by atoms with van der Waals surface area (Å²) in [4.78, 5) is 14.7. The summed E-state index contributed by atoms with van der Waals surface area (Å²) < 4.78 is 24.9. The fourth-order valence-corrected chi connectivity index (χ4v) is 4.29. The Morgan fingerprint density at radius 2 is 1.87 bits per heavy atom. The zero-order valence-corrected chi connectivity index (χ0v) is 18.4. The molecule has 8 heteroatoms. The van der Waals surface area contributed by atoms with Crippen molar-refractivity contribution in [1.82, 2.24) is 10.2 Å². The first-order valence-corrected chi connectivity index (χ1v) is 12.1. The van der Waals surface area contributed by atoms with Gasteiger partial charge < -0.3 is 5.32 Å². The van der Waals surface area contributed by atoms with E-state index < -0.39 is 10.0 Å². The molecule has 2 aromatic rings. The van der Waals surface area contributed by atoms with Crippen LogP contribution >= 0.6 is 11.6 Å². The summed E-state index contributed by atoms with van der Waals surface area (Å²) in [5, 5.41) is 3.68. The van der Waals surface area contributed by atoms with E-state index in [1.807, 2.05) is 24.3 Å². The fraction of sp³-hybridized carbons (Fsp3) is 0.318. The Morgan fingerprint density at radius 3 is 2.50 bits per heavy atom. The molecule has 0 radical (unpaired) electrons. The van der Waals surface area contributed by atoms with Crippen LogP contribution in [0.5, 0.6) is 0 Å². The molecule has 3 rings (SSSR count). The molecule has 1 aliphatic heterocycles. The molecule has 0 aliphatic carbocycles. The summed E-state index contributed by atoms with van der Waals surface area (Å²) in [6.07, 6.45) is 6.61. The number of halogens is 1. The average Bonchev–Trinajstić information content (AvgIpc) is 3.21. The molecule has 0 spiro atoms. The molecule has 6 nitrogen and oxygen atoms in total. The van der Waals surface area contributed by atoms with Gasteiger partial charge in [-0.2, -0.15) is 0 Å². The van der Waals surface area contributed by atoms with E-state index in [-0.39, 0.29) is 11.9 Å². The molecule has 1 heterocycles. The lowest BCUT2D eigenvalue weighted by molar-refractivity contribution is -0.116. The number of likely N-dealkylation sites (tertiary alicyclic amines) is 1. The molecule has 0 aromatic heterocycles. The lowest BCUT2D eigenvalue weighted by Crippen LogP contribution is -2.36. The van der Waals surface area contributed by atoms with E-state index in [0.717, 1.165) is 43.3 Å². The number of nitrogens with zero attached hydrogens (tertiary/aromatic N) is 1. The van der Waals surface area contributed by atoms with E-state index in [0.29, 0.717) is 17.3 Å². The summed E-state index contributed by atoms with van der Waals surface area (Å²) in [7, 11) is -3.31. The van der Waals surface area contributed by atoms with Crippen LogP contribution in [0.25, 0.3) is 6.08 Å². The summed E-state index contributed by atoms with van der Waals surface area (Å²) in [5.74, 6) is -0.181. The Balaban J connectivity index is 1.60. The molecule has 1 atom stereocenters. The zero-order valence-electron chi connectivity index (χ0n) is 16.8. The third-order valence-corrected chi connectivity index (χ3v) is 5.77. The van der Waals surface area contributed by atoms with E-state index in [9.17, 15) is 13.2 Å². The van der Waals surface area contributed by atoms with E-state index >= 15 is 0 Å². The smallest absolute Gasteiger partial charge is 0.244 e. The Morgan fingerprint density at radius 1 is 1.17 bits per heavy atom. The third kappa shape index (κ3) is 6.86. The lowest BCUT2D eigenvalue weighted by Gasteiger charge is -2.28. The quantitative estimate of drug-likeness (QED) is 0.605. The monoisotopic (exact) mass is 447 g/mol. The molecule has 1 saturated heterocycles. The van der Waals surface area contributed by atoms with Crippen molar-refractivity contribution in [2.75, 3.05) is 30.6 Å². The number of carbonyl (C=O) groups excluding carboxylic acids is 1. The van der Waals surface area contributed by atoms with Crippen LogP contribution in [0, 0.1) is 0 Å². The van der Waals surface area contributed by atoms with Gasteiger partial charge in [-0.25, -0.2) is 8.42 Å². The average molecular weight is 448 g/mol. The molecule has 1 fully saturated rings. The normalized spacial score (nSPS) is 15.9. The number of anilines is 1. The Hall–Kier alpha value is -2.35. The highest BCUT2D eigenvalue weighted by molar-refractivity contribution is 7.92. The Kier molecular flexibility index (Phi) is 7.53. The maximum atomic E-state index is 12.4. The van der Waals surface area contributed by atoms with Crippen molar-refractivity contribution in [2.24, 2.45) is 0 Å². The van der Waals surface area contributed by atoms with Gasteiger partial charge in [-0.1, -0.05) is 35.9 Å². The first-order chi connectivity index (χ1) is 14.3. The lowest BCUT2D eigenvalue weighted by atomic mass is 10.1. The predicted octanol–water partition coefficient (Wildman–Crippen LogP) is 3.68.